The summed E-state index contributed by atoms with van der Waals surface area (Å²) in [6.07, 6.45) is 3.96. The van der Waals surface area contributed by atoms with Crippen molar-refractivity contribution < 1.29 is 13.9 Å². The third-order valence-corrected chi connectivity index (χ3v) is 5.25. The summed E-state index contributed by atoms with van der Waals surface area (Å²) in [4.78, 5) is 18.4. The predicted octanol–water partition coefficient (Wildman–Crippen LogP) is 1.28. The first-order valence-corrected chi connectivity index (χ1v) is 8.81. The van der Waals surface area contributed by atoms with Crippen LogP contribution in [0.2, 0.25) is 0 Å². The molecule has 0 aliphatic carbocycles. The van der Waals surface area contributed by atoms with E-state index in [4.69, 9.17) is 9.15 Å². The van der Waals surface area contributed by atoms with E-state index >= 15 is 0 Å². The number of furan rings is 1. The normalized spacial score (nSPS) is 22.4. The van der Waals surface area contributed by atoms with Crippen LogP contribution in [0.5, 0.6) is 0 Å². The first-order valence-electron chi connectivity index (χ1n) is 8.81. The number of hydrogen-bond acceptors (Lipinski definition) is 5. The van der Waals surface area contributed by atoms with Gasteiger partial charge in [0.25, 0.3) is 0 Å². The zero-order valence-electron chi connectivity index (χ0n) is 14.9. The molecule has 0 bridgehead atoms. The Morgan fingerprint density at radius 1 is 1.25 bits per heavy atom. The number of piperidine rings is 1. The van der Waals surface area contributed by atoms with E-state index in [1.54, 1.807) is 11.2 Å². The molecule has 0 aromatic carbocycles. The summed E-state index contributed by atoms with van der Waals surface area (Å²) in [5.41, 5.74) is 0.183. The lowest BCUT2D eigenvalue weighted by Gasteiger charge is -2.42. The highest BCUT2D eigenvalue weighted by atomic mass is 16.5. The molecular weight excluding hydrogens is 306 g/mol. The van der Waals surface area contributed by atoms with Crippen molar-refractivity contribution in [1.82, 2.24) is 14.7 Å². The molecule has 0 atom stereocenters. The quantitative estimate of drug-likeness (QED) is 0.830. The SMILES string of the molecule is CN(C)C(=O)CN1CCOCC2(CCN(Cc3ccco3)CC2)C1. The van der Waals surface area contributed by atoms with Gasteiger partial charge in [-0.25, -0.2) is 0 Å². The van der Waals surface area contributed by atoms with E-state index in [2.05, 4.69) is 9.80 Å². The predicted molar refractivity (Wildman–Crippen MR) is 91.6 cm³/mol. The van der Waals surface area contributed by atoms with Crippen molar-refractivity contribution in [3.05, 3.63) is 24.2 Å². The number of ether oxygens (including phenoxy) is 1. The molecule has 3 rings (SSSR count). The van der Waals surface area contributed by atoms with Crippen LogP contribution in [0, 0.1) is 5.41 Å². The standard InChI is InChI=1S/C18H29N3O3/c1-19(2)17(22)13-21-9-11-23-15-18(14-21)5-7-20(8-6-18)12-16-4-3-10-24-16/h3-4,10H,5-9,11-15H2,1-2H3. The number of likely N-dealkylation sites (tertiary alicyclic amines) is 1. The van der Waals surface area contributed by atoms with Gasteiger partial charge in [0, 0.05) is 32.6 Å². The van der Waals surface area contributed by atoms with Crippen LogP contribution in [-0.2, 0) is 16.1 Å². The van der Waals surface area contributed by atoms with Gasteiger partial charge in [-0.3, -0.25) is 14.6 Å². The number of rotatable bonds is 4. The Hall–Kier alpha value is -1.37. The van der Waals surface area contributed by atoms with Crippen LogP contribution in [0.15, 0.2) is 22.8 Å². The van der Waals surface area contributed by atoms with Crippen LogP contribution in [0.4, 0.5) is 0 Å². The summed E-state index contributed by atoms with van der Waals surface area (Å²) in [5, 5.41) is 0. The average molecular weight is 335 g/mol. The lowest BCUT2D eigenvalue weighted by molar-refractivity contribution is -0.130. The second-order valence-corrected chi connectivity index (χ2v) is 7.41. The minimum absolute atomic E-state index is 0.169. The number of carbonyl (C=O) groups is 1. The van der Waals surface area contributed by atoms with E-state index in [1.807, 2.05) is 26.2 Å². The number of carbonyl (C=O) groups excluding carboxylic acids is 1. The molecule has 2 aliphatic heterocycles. The molecule has 1 aromatic rings. The van der Waals surface area contributed by atoms with Crippen LogP contribution in [0.1, 0.15) is 18.6 Å². The number of hydrogen-bond donors (Lipinski definition) is 0. The van der Waals surface area contributed by atoms with Crippen molar-refractivity contribution in [1.29, 1.82) is 0 Å². The van der Waals surface area contributed by atoms with Crippen molar-refractivity contribution in [3.63, 3.8) is 0 Å². The van der Waals surface area contributed by atoms with Crippen LogP contribution in [0.25, 0.3) is 0 Å². The Labute approximate surface area is 144 Å². The molecule has 3 heterocycles. The number of amides is 1. The molecular formula is C18H29N3O3. The van der Waals surface area contributed by atoms with Gasteiger partial charge in [-0.2, -0.15) is 0 Å². The average Bonchev–Trinajstić information content (AvgIpc) is 2.99. The molecule has 134 valence electrons. The van der Waals surface area contributed by atoms with E-state index < -0.39 is 0 Å². The Bertz CT molecular complexity index is 522. The Morgan fingerprint density at radius 3 is 2.71 bits per heavy atom. The molecule has 24 heavy (non-hydrogen) atoms. The lowest BCUT2D eigenvalue weighted by Crippen LogP contribution is -2.48. The molecule has 0 radical (unpaired) electrons. The highest BCUT2D eigenvalue weighted by molar-refractivity contribution is 5.77. The number of nitrogens with zero attached hydrogens (tertiary/aromatic N) is 3. The van der Waals surface area contributed by atoms with Crippen LogP contribution < -0.4 is 0 Å². The smallest absolute Gasteiger partial charge is 0.236 e. The van der Waals surface area contributed by atoms with Gasteiger partial charge in [-0.15, -0.1) is 0 Å². The molecule has 0 unspecified atom stereocenters. The summed E-state index contributed by atoms with van der Waals surface area (Å²) in [5.74, 6) is 1.20. The maximum Gasteiger partial charge on any atom is 0.236 e. The highest BCUT2D eigenvalue weighted by Crippen LogP contribution is 2.34. The maximum absolute atomic E-state index is 12.0. The molecule has 2 fully saturated rings. The van der Waals surface area contributed by atoms with Gasteiger partial charge in [0.05, 0.1) is 32.6 Å². The summed E-state index contributed by atoms with van der Waals surface area (Å²) in [6.45, 7) is 6.82. The van der Waals surface area contributed by atoms with Gasteiger partial charge in [0.15, 0.2) is 0 Å². The Kier molecular flexibility index (Phi) is 5.58. The van der Waals surface area contributed by atoms with Crippen molar-refractivity contribution in [3.8, 4) is 0 Å². The third kappa shape index (κ3) is 4.37. The maximum atomic E-state index is 12.0. The Morgan fingerprint density at radius 2 is 2.04 bits per heavy atom. The van der Waals surface area contributed by atoms with Crippen molar-refractivity contribution in [2.24, 2.45) is 5.41 Å². The van der Waals surface area contributed by atoms with Crippen molar-refractivity contribution >= 4 is 5.91 Å². The van der Waals surface area contributed by atoms with Gasteiger partial charge in [0.2, 0.25) is 5.91 Å². The summed E-state index contributed by atoms with van der Waals surface area (Å²) < 4.78 is 11.4. The fourth-order valence-electron chi connectivity index (χ4n) is 3.66. The largest absolute Gasteiger partial charge is 0.468 e. The van der Waals surface area contributed by atoms with E-state index in [-0.39, 0.29) is 11.3 Å². The highest BCUT2D eigenvalue weighted by Gasteiger charge is 2.38. The fraction of sp³-hybridized carbons (Fsp3) is 0.722. The van der Waals surface area contributed by atoms with E-state index in [0.29, 0.717) is 6.54 Å². The molecule has 6 nitrogen and oxygen atoms in total. The van der Waals surface area contributed by atoms with Crippen LogP contribution in [0.3, 0.4) is 0 Å². The molecule has 2 aliphatic rings. The minimum atomic E-state index is 0.169. The monoisotopic (exact) mass is 335 g/mol. The molecule has 1 amide bonds. The molecule has 6 heteroatoms. The molecule has 1 spiro atoms. The summed E-state index contributed by atoms with van der Waals surface area (Å²) in [7, 11) is 3.64. The fourth-order valence-corrected chi connectivity index (χ4v) is 3.66. The lowest BCUT2D eigenvalue weighted by atomic mass is 9.78. The first-order chi connectivity index (χ1) is 11.6. The topological polar surface area (TPSA) is 49.2 Å². The first kappa shape index (κ1) is 17.5. The van der Waals surface area contributed by atoms with E-state index in [1.165, 1.54) is 0 Å². The number of likely N-dealkylation sites (N-methyl/N-ethyl adjacent to an activating group) is 1. The van der Waals surface area contributed by atoms with Gasteiger partial charge in [-0.1, -0.05) is 0 Å². The van der Waals surface area contributed by atoms with Gasteiger partial charge in [-0.05, 0) is 38.1 Å². The zero-order valence-corrected chi connectivity index (χ0v) is 14.9. The molecule has 2 saturated heterocycles. The minimum Gasteiger partial charge on any atom is -0.468 e. The van der Waals surface area contributed by atoms with Gasteiger partial charge in [0.1, 0.15) is 5.76 Å². The van der Waals surface area contributed by atoms with Crippen molar-refractivity contribution in [2.45, 2.75) is 19.4 Å². The zero-order chi connectivity index (χ0) is 17.0. The van der Waals surface area contributed by atoms with Crippen LogP contribution >= 0.6 is 0 Å². The van der Waals surface area contributed by atoms with Gasteiger partial charge >= 0.3 is 0 Å². The van der Waals surface area contributed by atoms with E-state index in [9.17, 15) is 4.79 Å². The molecule has 1 aromatic heterocycles. The summed E-state index contributed by atoms with van der Waals surface area (Å²) >= 11 is 0. The second-order valence-electron chi connectivity index (χ2n) is 7.41. The molecule has 0 saturated carbocycles. The van der Waals surface area contributed by atoms with Crippen molar-refractivity contribution in [2.75, 3.05) is 60.0 Å². The second kappa shape index (κ2) is 7.68. The Balaban J connectivity index is 1.55. The molecule has 0 N–H and O–H groups in total. The van der Waals surface area contributed by atoms with Crippen LogP contribution in [-0.4, -0.2) is 80.6 Å². The van der Waals surface area contributed by atoms with E-state index in [0.717, 1.165) is 64.5 Å². The third-order valence-electron chi connectivity index (χ3n) is 5.25. The summed E-state index contributed by atoms with van der Waals surface area (Å²) in [6, 6.07) is 3.98. The van der Waals surface area contributed by atoms with Gasteiger partial charge < -0.3 is 14.1 Å².